The number of oxime groups is 1. The topological polar surface area (TPSA) is 90.9 Å². The highest BCUT2D eigenvalue weighted by Crippen LogP contribution is 2.21. The first-order chi connectivity index (χ1) is 8.94. The Labute approximate surface area is 112 Å². The van der Waals surface area contributed by atoms with Crippen LogP contribution in [0.2, 0.25) is 0 Å². The van der Waals surface area contributed by atoms with Crippen molar-refractivity contribution in [3.05, 3.63) is 18.0 Å². The standard InChI is InChI=1S/C12H20N6O/c1-12(2)8-18(7-6-17(12)3)11-14-5-4-9(15-11)10(13)16-19/h4-5,19H,6-8H2,1-3H3,(H2,13,16). The largest absolute Gasteiger partial charge is 0.409 e. The zero-order chi connectivity index (χ0) is 14.0. The first-order valence-corrected chi connectivity index (χ1v) is 6.21. The Hall–Kier alpha value is -1.89. The fourth-order valence-corrected chi connectivity index (χ4v) is 2.11. The second kappa shape index (κ2) is 5.00. The third-order valence-electron chi connectivity index (χ3n) is 3.61. The average Bonchev–Trinajstić information content (AvgIpc) is 2.41. The zero-order valence-corrected chi connectivity index (χ0v) is 11.5. The van der Waals surface area contributed by atoms with Crippen LogP contribution < -0.4 is 10.6 Å². The summed E-state index contributed by atoms with van der Waals surface area (Å²) in [5.74, 6) is 0.613. The Morgan fingerprint density at radius 2 is 2.21 bits per heavy atom. The van der Waals surface area contributed by atoms with Gasteiger partial charge in [-0.05, 0) is 27.0 Å². The molecule has 0 radical (unpaired) electrons. The van der Waals surface area contributed by atoms with Crippen molar-refractivity contribution in [1.82, 2.24) is 14.9 Å². The van der Waals surface area contributed by atoms with Gasteiger partial charge in [0.05, 0.1) is 0 Å². The van der Waals surface area contributed by atoms with E-state index in [9.17, 15) is 0 Å². The van der Waals surface area contributed by atoms with E-state index in [2.05, 4.69) is 45.8 Å². The highest BCUT2D eigenvalue weighted by molar-refractivity contribution is 5.95. The van der Waals surface area contributed by atoms with E-state index in [-0.39, 0.29) is 11.4 Å². The molecule has 0 amide bonds. The molecular formula is C12H20N6O. The summed E-state index contributed by atoms with van der Waals surface area (Å²) in [5.41, 5.74) is 6.05. The molecule has 104 valence electrons. The molecule has 3 N–H and O–H groups in total. The number of anilines is 1. The van der Waals surface area contributed by atoms with E-state index in [1.807, 2.05) is 0 Å². The predicted molar refractivity (Wildman–Crippen MR) is 73.5 cm³/mol. The van der Waals surface area contributed by atoms with Crippen molar-refractivity contribution in [2.45, 2.75) is 19.4 Å². The summed E-state index contributed by atoms with van der Waals surface area (Å²) in [6.45, 7) is 7.02. The van der Waals surface area contributed by atoms with E-state index in [0.717, 1.165) is 19.6 Å². The molecule has 0 atom stereocenters. The van der Waals surface area contributed by atoms with Gasteiger partial charge in [0.2, 0.25) is 5.95 Å². The Bertz CT molecular complexity index is 487. The van der Waals surface area contributed by atoms with Crippen LogP contribution in [-0.2, 0) is 0 Å². The lowest BCUT2D eigenvalue weighted by molar-refractivity contribution is 0.138. The lowest BCUT2D eigenvalue weighted by Gasteiger charge is -2.45. The summed E-state index contributed by atoms with van der Waals surface area (Å²) in [6, 6.07) is 1.62. The van der Waals surface area contributed by atoms with Crippen LogP contribution in [0.5, 0.6) is 0 Å². The summed E-state index contributed by atoms with van der Waals surface area (Å²) in [4.78, 5) is 13.0. The molecule has 1 aromatic heterocycles. The second-order valence-electron chi connectivity index (χ2n) is 5.38. The van der Waals surface area contributed by atoms with E-state index in [0.29, 0.717) is 11.6 Å². The van der Waals surface area contributed by atoms with Crippen molar-refractivity contribution in [2.24, 2.45) is 10.9 Å². The lowest BCUT2D eigenvalue weighted by Crippen LogP contribution is -2.58. The summed E-state index contributed by atoms with van der Waals surface area (Å²) < 4.78 is 0. The Balaban J connectivity index is 2.23. The lowest BCUT2D eigenvalue weighted by atomic mass is 10.0. The molecule has 2 heterocycles. The van der Waals surface area contributed by atoms with Crippen LogP contribution in [0.4, 0.5) is 5.95 Å². The maximum atomic E-state index is 8.69. The highest BCUT2D eigenvalue weighted by atomic mass is 16.4. The van der Waals surface area contributed by atoms with Gasteiger partial charge in [0, 0.05) is 31.4 Å². The number of piperazine rings is 1. The molecule has 0 spiro atoms. The summed E-state index contributed by atoms with van der Waals surface area (Å²) in [5, 5.41) is 11.7. The number of hydrogen-bond donors (Lipinski definition) is 2. The van der Waals surface area contributed by atoms with Gasteiger partial charge in [-0.3, -0.25) is 4.90 Å². The number of rotatable bonds is 2. The van der Waals surface area contributed by atoms with Crippen LogP contribution in [0.15, 0.2) is 17.4 Å². The molecule has 0 aromatic carbocycles. The van der Waals surface area contributed by atoms with Crippen molar-refractivity contribution < 1.29 is 5.21 Å². The molecule has 1 aromatic rings. The average molecular weight is 264 g/mol. The van der Waals surface area contributed by atoms with Crippen molar-refractivity contribution >= 4 is 11.8 Å². The van der Waals surface area contributed by atoms with Crippen LogP contribution in [-0.4, -0.2) is 58.1 Å². The van der Waals surface area contributed by atoms with E-state index >= 15 is 0 Å². The van der Waals surface area contributed by atoms with Crippen LogP contribution in [0, 0.1) is 0 Å². The van der Waals surface area contributed by atoms with E-state index in [4.69, 9.17) is 10.9 Å². The van der Waals surface area contributed by atoms with Gasteiger partial charge in [0.1, 0.15) is 5.69 Å². The maximum absolute atomic E-state index is 8.69. The molecule has 1 fully saturated rings. The number of amidine groups is 1. The van der Waals surface area contributed by atoms with Crippen molar-refractivity contribution in [2.75, 3.05) is 31.6 Å². The second-order valence-corrected chi connectivity index (χ2v) is 5.38. The van der Waals surface area contributed by atoms with Crippen LogP contribution in [0.1, 0.15) is 19.5 Å². The maximum Gasteiger partial charge on any atom is 0.226 e. The molecule has 1 saturated heterocycles. The molecule has 0 saturated carbocycles. The summed E-state index contributed by atoms with van der Waals surface area (Å²) in [6.07, 6.45) is 1.63. The van der Waals surface area contributed by atoms with Gasteiger partial charge in [0.15, 0.2) is 5.84 Å². The van der Waals surface area contributed by atoms with E-state index in [1.54, 1.807) is 12.3 Å². The van der Waals surface area contributed by atoms with Gasteiger partial charge >= 0.3 is 0 Å². The zero-order valence-electron chi connectivity index (χ0n) is 11.5. The van der Waals surface area contributed by atoms with Gasteiger partial charge in [-0.2, -0.15) is 0 Å². The van der Waals surface area contributed by atoms with Crippen molar-refractivity contribution in [3.8, 4) is 0 Å². The normalized spacial score (nSPS) is 20.6. The van der Waals surface area contributed by atoms with Crippen LogP contribution in [0.3, 0.4) is 0 Å². The third kappa shape index (κ3) is 2.76. The van der Waals surface area contributed by atoms with Gasteiger partial charge in [0.25, 0.3) is 0 Å². The van der Waals surface area contributed by atoms with Gasteiger partial charge in [-0.1, -0.05) is 5.16 Å². The SMILES string of the molecule is CN1CCN(c2nccc(/C(N)=N/O)n2)CC1(C)C. The van der Waals surface area contributed by atoms with Gasteiger partial charge in [-0.15, -0.1) is 0 Å². The molecule has 7 nitrogen and oxygen atoms in total. The predicted octanol–water partition coefficient (Wildman–Crippen LogP) is 0.102. The minimum absolute atomic E-state index is 0.00274. The molecule has 19 heavy (non-hydrogen) atoms. The minimum atomic E-state index is -0.00274. The fourth-order valence-electron chi connectivity index (χ4n) is 2.11. The fraction of sp³-hybridized carbons (Fsp3) is 0.583. The first-order valence-electron chi connectivity index (χ1n) is 6.21. The molecule has 0 bridgehead atoms. The van der Waals surface area contributed by atoms with Crippen molar-refractivity contribution in [3.63, 3.8) is 0 Å². The highest BCUT2D eigenvalue weighted by Gasteiger charge is 2.32. The number of hydrogen-bond acceptors (Lipinski definition) is 6. The van der Waals surface area contributed by atoms with Crippen LogP contribution in [0.25, 0.3) is 0 Å². The molecule has 7 heteroatoms. The monoisotopic (exact) mass is 264 g/mol. The summed E-state index contributed by atoms with van der Waals surface area (Å²) >= 11 is 0. The van der Waals surface area contributed by atoms with Crippen molar-refractivity contribution in [1.29, 1.82) is 0 Å². The van der Waals surface area contributed by atoms with E-state index < -0.39 is 0 Å². The Morgan fingerprint density at radius 1 is 1.47 bits per heavy atom. The molecule has 1 aliphatic rings. The molecule has 2 rings (SSSR count). The Kier molecular flexibility index (Phi) is 3.57. The Morgan fingerprint density at radius 3 is 2.84 bits per heavy atom. The molecule has 0 unspecified atom stereocenters. The van der Waals surface area contributed by atoms with E-state index in [1.165, 1.54) is 0 Å². The number of nitrogens with two attached hydrogens (primary N) is 1. The summed E-state index contributed by atoms with van der Waals surface area (Å²) in [7, 11) is 2.12. The molecule has 0 aliphatic carbocycles. The van der Waals surface area contributed by atoms with Gasteiger partial charge < -0.3 is 15.8 Å². The number of likely N-dealkylation sites (N-methyl/N-ethyl adjacent to an activating group) is 1. The molecule has 1 aliphatic heterocycles. The van der Waals surface area contributed by atoms with Crippen LogP contribution >= 0.6 is 0 Å². The molecular weight excluding hydrogens is 244 g/mol. The minimum Gasteiger partial charge on any atom is -0.409 e. The van der Waals surface area contributed by atoms with Gasteiger partial charge in [-0.25, -0.2) is 9.97 Å². The quantitative estimate of drug-likeness (QED) is 0.341. The first kappa shape index (κ1) is 13.5. The smallest absolute Gasteiger partial charge is 0.226 e. The third-order valence-corrected chi connectivity index (χ3v) is 3.61. The number of aromatic nitrogens is 2. The number of nitrogens with zero attached hydrogens (tertiary/aromatic N) is 5.